The Kier molecular flexibility index (Phi) is 6.41. The predicted molar refractivity (Wildman–Crippen MR) is 90.8 cm³/mol. The number of carbonyl (C=O) groups excluding carboxylic acids is 2. The second-order valence-electron chi connectivity index (χ2n) is 7.58. The molecule has 0 saturated carbocycles. The van der Waals surface area contributed by atoms with Crippen LogP contribution < -0.4 is 5.73 Å². The van der Waals surface area contributed by atoms with E-state index in [4.69, 9.17) is 5.73 Å². The van der Waals surface area contributed by atoms with Crippen molar-refractivity contribution in [3.05, 3.63) is 0 Å². The lowest BCUT2D eigenvalue weighted by Gasteiger charge is -2.38. The van der Waals surface area contributed by atoms with Gasteiger partial charge in [-0.1, -0.05) is 13.8 Å². The van der Waals surface area contributed by atoms with Crippen molar-refractivity contribution >= 4 is 11.8 Å². The number of rotatable bonds is 4. The average molecular weight is 324 g/mol. The van der Waals surface area contributed by atoms with Gasteiger partial charge >= 0.3 is 0 Å². The van der Waals surface area contributed by atoms with Gasteiger partial charge in [-0.15, -0.1) is 0 Å². The summed E-state index contributed by atoms with van der Waals surface area (Å²) in [6.45, 7) is 11.5. The minimum atomic E-state index is -0.0924. The molecule has 2 fully saturated rings. The predicted octanol–water partition coefficient (Wildman–Crippen LogP) is 0.372. The molecule has 132 valence electrons. The van der Waals surface area contributed by atoms with Crippen molar-refractivity contribution in [2.45, 2.75) is 39.7 Å². The summed E-state index contributed by atoms with van der Waals surface area (Å²) in [5, 5.41) is 0. The van der Waals surface area contributed by atoms with E-state index in [2.05, 4.69) is 18.7 Å². The van der Waals surface area contributed by atoms with Crippen molar-refractivity contribution in [2.75, 3.05) is 45.8 Å². The Hall–Kier alpha value is -1.14. The first kappa shape index (κ1) is 18.2. The molecule has 6 heteroatoms. The van der Waals surface area contributed by atoms with E-state index < -0.39 is 0 Å². The van der Waals surface area contributed by atoms with Crippen molar-refractivity contribution in [3.63, 3.8) is 0 Å². The minimum absolute atomic E-state index is 0.0924. The number of amides is 2. The summed E-state index contributed by atoms with van der Waals surface area (Å²) < 4.78 is 0. The number of hydrogen-bond acceptors (Lipinski definition) is 4. The van der Waals surface area contributed by atoms with Crippen molar-refractivity contribution in [1.29, 1.82) is 0 Å². The average Bonchev–Trinajstić information content (AvgIpc) is 2.46. The summed E-state index contributed by atoms with van der Waals surface area (Å²) in [5.74, 6) is 1.55. The Labute approximate surface area is 140 Å². The molecule has 2 N–H and O–H groups in total. The molecule has 0 aromatic rings. The second kappa shape index (κ2) is 8.11. The first-order chi connectivity index (χ1) is 10.8. The van der Waals surface area contributed by atoms with Gasteiger partial charge in [0.2, 0.25) is 11.8 Å². The summed E-state index contributed by atoms with van der Waals surface area (Å²) in [6, 6.07) is -0.0924. The van der Waals surface area contributed by atoms with Crippen LogP contribution in [-0.4, -0.2) is 78.4 Å². The SMILES string of the molecule is CC(N)CC(=O)N1CCN(CC(=O)N2CC(C)CC(C)C2)CC1. The minimum Gasteiger partial charge on any atom is -0.341 e. The van der Waals surface area contributed by atoms with Crippen LogP contribution >= 0.6 is 0 Å². The summed E-state index contributed by atoms with van der Waals surface area (Å²) in [6.07, 6.45) is 1.62. The Morgan fingerprint density at radius 2 is 1.57 bits per heavy atom. The lowest BCUT2D eigenvalue weighted by molar-refractivity contribution is -0.137. The Morgan fingerprint density at radius 3 is 2.09 bits per heavy atom. The molecule has 3 unspecified atom stereocenters. The fourth-order valence-electron chi connectivity index (χ4n) is 3.72. The van der Waals surface area contributed by atoms with E-state index in [0.717, 1.165) is 26.2 Å². The normalized spacial score (nSPS) is 27.8. The highest BCUT2D eigenvalue weighted by molar-refractivity contribution is 5.79. The van der Waals surface area contributed by atoms with E-state index in [9.17, 15) is 9.59 Å². The maximum absolute atomic E-state index is 12.5. The van der Waals surface area contributed by atoms with E-state index in [1.165, 1.54) is 6.42 Å². The lowest BCUT2D eigenvalue weighted by Crippen LogP contribution is -2.53. The monoisotopic (exact) mass is 324 g/mol. The smallest absolute Gasteiger partial charge is 0.236 e. The van der Waals surface area contributed by atoms with Crippen LogP contribution in [0.25, 0.3) is 0 Å². The number of nitrogens with zero attached hydrogens (tertiary/aromatic N) is 3. The molecule has 2 aliphatic heterocycles. The van der Waals surface area contributed by atoms with Crippen molar-refractivity contribution < 1.29 is 9.59 Å². The molecule has 23 heavy (non-hydrogen) atoms. The van der Waals surface area contributed by atoms with Gasteiger partial charge < -0.3 is 15.5 Å². The highest BCUT2D eigenvalue weighted by Crippen LogP contribution is 2.21. The Morgan fingerprint density at radius 1 is 1.00 bits per heavy atom. The van der Waals surface area contributed by atoms with E-state index >= 15 is 0 Å². The van der Waals surface area contributed by atoms with Gasteiger partial charge in [0.05, 0.1) is 6.54 Å². The van der Waals surface area contributed by atoms with Crippen LogP contribution in [0.2, 0.25) is 0 Å². The summed E-state index contributed by atoms with van der Waals surface area (Å²) in [5.41, 5.74) is 5.69. The topological polar surface area (TPSA) is 69.9 Å². The molecule has 0 bridgehead atoms. The van der Waals surface area contributed by atoms with Gasteiger partial charge in [0.15, 0.2) is 0 Å². The Bertz CT molecular complexity index is 409. The molecule has 2 aliphatic rings. The Balaban J connectivity index is 1.75. The van der Waals surface area contributed by atoms with Gasteiger partial charge in [-0.25, -0.2) is 0 Å². The van der Waals surface area contributed by atoms with Gasteiger partial charge in [-0.05, 0) is 25.2 Å². The van der Waals surface area contributed by atoms with Gasteiger partial charge in [0.25, 0.3) is 0 Å². The number of hydrogen-bond donors (Lipinski definition) is 1. The second-order valence-corrected chi connectivity index (χ2v) is 7.58. The quantitative estimate of drug-likeness (QED) is 0.811. The van der Waals surface area contributed by atoms with Crippen LogP contribution in [-0.2, 0) is 9.59 Å². The number of nitrogens with two attached hydrogens (primary N) is 1. The fraction of sp³-hybridized carbons (Fsp3) is 0.882. The highest BCUT2D eigenvalue weighted by Gasteiger charge is 2.28. The molecule has 3 atom stereocenters. The van der Waals surface area contributed by atoms with E-state index in [-0.39, 0.29) is 17.9 Å². The first-order valence-corrected chi connectivity index (χ1v) is 8.88. The van der Waals surface area contributed by atoms with Crippen LogP contribution in [0.15, 0.2) is 0 Å². The molecular formula is C17H32N4O2. The molecule has 2 saturated heterocycles. The summed E-state index contributed by atoms with van der Waals surface area (Å²) in [4.78, 5) is 30.6. The summed E-state index contributed by atoms with van der Waals surface area (Å²) >= 11 is 0. The molecule has 6 nitrogen and oxygen atoms in total. The third-order valence-corrected chi connectivity index (χ3v) is 4.80. The van der Waals surface area contributed by atoms with E-state index in [1.807, 2.05) is 16.7 Å². The van der Waals surface area contributed by atoms with Crippen LogP contribution in [0, 0.1) is 11.8 Å². The zero-order valence-electron chi connectivity index (χ0n) is 14.8. The van der Waals surface area contributed by atoms with Crippen molar-refractivity contribution in [2.24, 2.45) is 17.6 Å². The molecule has 0 spiro atoms. The van der Waals surface area contributed by atoms with E-state index in [1.54, 1.807) is 0 Å². The van der Waals surface area contributed by atoms with Crippen LogP contribution in [0.3, 0.4) is 0 Å². The van der Waals surface area contributed by atoms with Gasteiger partial charge in [-0.3, -0.25) is 14.5 Å². The van der Waals surface area contributed by atoms with Crippen LogP contribution in [0.1, 0.15) is 33.6 Å². The largest absolute Gasteiger partial charge is 0.341 e. The van der Waals surface area contributed by atoms with Gasteiger partial charge in [0, 0.05) is 51.7 Å². The lowest BCUT2D eigenvalue weighted by atomic mass is 9.92. The van der Waals surface area contributed by atoms with E-state index in [0.29, 0.717) is 37.9 Å². The molecule has 0 aromatic carbocycles. The molecular weight excluding hydrogens is 292 g/mol. The zero-order valence-corrected chi connectivity index (χ0v) is 14.8. The molecule has 2 amide bonds. The molecule has 0 aliphatic carbocycles. The van der Waals surface area contributed by atoms with Crippen molar-refractivity contribution in [1.82, 2.24) is 14.7 Å². The molecule has 0 radical (unpaired) electrons. The molecule has 0 aromatic heterocycles. The maximum atomic E-state index is 12.5. The standard InChI is InChI=1S/C17H32N4O2/c1-13-8-14(2)11-21(10-13)17(23)12-19-4-6-20(7-5-19)16(22)9-15(3)18/h13-15H,4-12,18H2,1-3H3. The molecule has 2 heterocycles. The fourth-order valence-corrected chi connectivity index (χ4v) is 3.72. The van der Waals surface area contributed by atoms with Crippen LogP contribution in [0.5, 0.6) is 0 Å². The van der Waals surface area contributed by atoms with Gasteiger partial charge in [-0.2, -0.15) is 0 Å². The number of carbonyl (C=O) groups is 2. The number of piperidine rings is 1. The van der Waals surface area contributed by atoms with Crippen LogP contribution in [0.4, 0.5) is 0 Å². The van der Waals surface area contributed by atoms with Gasteiger partial charge in [0.1, 0.15) is 0 Å². The first-order valence-electron chi connectivity index (χ1n) is 8.88. The third-order valence-electron chi connectivity index (χ3n) is 4.80. The number of piperazine rings is 1. The zero-order chi connectivity index (χ0) is 17.0. The molecule has 2 rings (SSSR count). The third kappa shape index (κ3) is 5.46. The summed E-state index contributed by atoms with van der Waals surface area (Å²) in [7, 11) is 0. The maximum Gasteiger partial charge on any atom is 0.236 e. The number of likely N-dealkylation sites (tertiary alicyclic amines) is 1. The highest BCUT2D eigenvalue weighted by atomic mass is 16.2. The van der Waals surface area contributed by atoms with Crippen molar-refractivity contribution in [3.8, 4) is 0 Å².